The van der Waals surface area contributed by atoms with E-state index < -0.39 is 29.2 Å². The zero-order chi connectivity index (χ0) is 27.3. The Morgan fingerprint density at radius 1 is 1.11 bits per heavy atom. The smallest absolute Gasteiger partial charge is 0.303 e. The van der Waals surface area contributed by atoms with Gasteiger partial charge in [0.15, 0.2) is 0 Å². The molecule has 1 unspecified atom stereocenters. The number of amidine groups is 1. The Bertz CT molecular complexity index is 1010. The minimum absolute atomic E-state index is 0.0648. The van der Waals surface area contributed by atoms with E-state index in [1.165, 1.54) is 12.1 Å². The van der Waals surface area contributed by atoms with E-state index in [1.807, 2.05) is 18.9 Å². The second kappa shape index (κ2) is 12.0. The van der Waals surface area contributed by atoms with Gasteiger partial charge in [-0.2, -0.15) is 0 Å². The topological polar surface area (TPSA) is 117 Å². The van der Waals surface area contributed by atoms with Gasteiger partial charge in [-0.15, -0.1) is 0 Å². The Kier molecular flexibility index (Phi) is 9.28. The van der Waals surface area contributed by atoms with Crippen LogP contribution in [-0.2, 0) is 9.59 Å². The molecule has 0 saturated carbocycles. The molecule has 2 amide bonds. The van der Waals surface area contributed by atoms with Crippen molar-refractivity contribution in [3.8, 4) is 0 Å². The molecule has 37 heavy (non-hydrogen) atoms. The normalized spacial score (nSPS) is 18.4. The molecule has 1 aromatic rings. The molecular weight excluding hydrogens is 477 g/mol. The average molecular weight is 518 g/mol. The third-order valence-electron chi connectivity index (χ3n) is 7.81. The van der Waals surface area contributed by atoms with Crippen LogP contribution in [0.1, 0.15) is 62.4 Å². The maximum atomic E-state index is 15.0. The van der Waals surface area contributed by atoms with E-state index in [4.69, 9.17) is 10.5 Å². The van der Waals surface area contributed by atoms with Crippen LogP contribution in [0.5, 0.6) is 0 Å². The standard InChI is InChI=1S/C27H40FN5O4/c1-5-22(27(2,3)26(37)33-10-8-18(9-11-33)16-23(34)35)30-25(36)20-7-6-19(17-21(20)28)24(29)32-14-12-31(4)13-15-32/h6-7,17-18,22,29H,5,8-16H2,1-4H3,(H,30,36)(H,34,35). The molecule has 1 aromatic carbocycles. The van der Waals surface area contributed by atoms with E-state index in [9.17, 15) is 14.4 Å². The van der Waals surface area contributed by atoms with Gasteiger partial charge in [-0.05, 0) is 58.2 Å². The summed E-state index contributed by atoms with van der Waals surface area (Å²) in [6.45, 7) is 9.45. The molecule has 2 saturated heterocycles. The number of halogens is 1. The highest BCUT2D eigenvalue weighted by Gasteiger charge is 2.41. The van der Waals surface area contributed by atoms with Crippen molar-refractivity contribution in [1.29, 1.82) is 5.41 Å². The van der Waals surface area contributed by atoms with E-state index in [-0.39, 0.29) is 29.6 Å². The Balaban J connectivity index is 1.64. The lowest BCUT2D eigenvalue weighted by atomic mass is 9.80. The predicted octanol–water partition coefficient (Wildman–Crippen LogP) is 2.65. The fourth-order valence-electron chi connectivity index (χ4n) is 5.23. The highest BCUT2D eigenvalue weighted by molar-refractivity contribution is 5.99. The number of carbonyl (C=O) groups is 3. The third-order valence-corrected chi connectivity index (χ3v) is 7.81. The number of benzene rings is 1. The van der Waals surface area contributed by atoms with Gasteiger partial charge in [0.2, 0.25) is 5.91 Å². The highest BCUT2D eigenvalue weighted by atomic mass is 19.1. The van der Waals surface area contributed by atoms with Gasteiger partial charge in [-0.25, -0.2) is 4.39 Å². The first-order chi connectivity index (χ1) is 17.4. The number of carboxylic acids is 1. The van der Waals surface area contributed by atoms with Crippen molar-refractivity contribution in [2.45, 2.75) is 52.5 Å². The molecule has 3 rings (SSSR count). The fourth-order valence-corrected chi connectivity index (χ4v) is 5.23. The SMILES string of the molecule is CCC(NC(=O)c1ccc(C(=N)N2CCN(C)CC2)cc1F)C(C)(C)C(=O)N1CCC(CC(=O)O)CC1. The largest absolute Gasteiger partial charge is 0.481 e. The number of piperazine rings is 1. The zero-order valence-corrected chi connectivity index (χ0v) is 22.3. The molecule has 9 nitrogen and oxygen atoms in total. The molecule has 0 aliphatic carbocycles. The van der Waals surface area contributed by atoms with Crippen LogP contribution in [0.3, 0.4) is 0 Å². The molecule has 0 aromatic heterocycles. The van der Waals surface area contributed by atoms with Gasteiger partial charge >= 0.3 is 5.97 Å². The first-order valence-electron chi connectivity index (χ1n) is 13.1. The number of amides is 2. The van der Waals surface area contributed by atoms with Crippen molar-refractivity contribution in [1.82, 2.24) is 20.0 Å². The number of nitrogens with one attached hydrogen (secondary N) is 2. The number of carboxylic acid groups (broad SMARTS) is 1. The number of piperidine rings is 1. The van der Waals surface area contributed by atoms with Crippen LogP contribution in [-0.4, -0.2) is 95.8 Å². The number of hydrogen-bond donors (Lipinski definition) is 3. The number of likely N-dealkylation sites (tertiary alicyclic amines) is 1. The summed E-state index contributed by atoms with van der Waals surface area (Å²) >= 11 is 0. The number of rotatable bonds is 8. The minimum Gasteiger partial charge on any atom is -0.481 e. The van der Waals surface area contributed by atoms with Gasteiger partial charge in [0.05, 0.1) is 11.0 Å². The first-order valence-corrected chi connectivity index (χ1v) is 13.1. The summed E-state index contributed by atoms with van der Waals surface area (Å²) in [5.74, 6) is -1.92. The Labute approximate surface area is 218 Å². The van der Waals surface area contributed by atoms with Crippen LogP contribution >= 0.6 is 0 Å². The average Bonchev–Trinajstić information content (AvgIpc) is 2.86. The molecule has 2 heterocycles. The summed E-state index contributed by atoms with van der Waals surface area (Å²) in [5.41, 5.74) is -0.622. The van der Waals surface area contributed by atoms with Crippen LogP contribution < -0.4 is 5.32 Å². The molecule has 2 aliphatic heterocycles. The lowest BCUT2D eigenvalue weighted by Crippen LogP contribution is -2.54. The molecule has 2 fully saturated rings. The van der Waals surface area contributed by atoms with Crippen LogP contribution in [0.4, 0.5) is 4.39 Å². The molecule has 10 heteroatoms. The Hall–Kier alpha value is -3.01. The van der Waals surface area contributed by atoms with Crippen molar-refractivity contribution in [2.75, 3.05) is 46.3 Å². The molecule has 2 aliphatic rings. The van der Waals surface area contributed by atoms with Gasteiger partial charge in [0.25, 0.3) is 5.91 Å². The molecular formula is C27H40FN5O4. The third kappa shape index (κ3) is 6.85. The monoisotopic (exact) mass is 517 g/mol. The maximum absolute atomic E-state index is 15.0. The molecule has 204 valence electrons. The number of nitrogens with zero attached hydrogens (tertiary/aromatic N) is 3. The second-order valence-electron chi connectivity index (χ2n) is 10.8. The van der Waals surface area contributed by atoms with E-state index >= 15 is 4.39 Å². The van der Waals surface area contributed by atoms with Gasteiger partial charge in [-0.1, -0.05) is 13.0 Å². The van der Waals surface area contributed by atoms with Crippen LogP contribution in [0.15, 0.2) is 18.2 Å². The Morgan fingerprint density at radius 2 is 1.73 bits per heavy atom. The quantitative estimate of drug-likeness (QED) is 0.361. The van der Waals surface area contributed by atoms with Crippen molar-refractivity contribution >= 4 is 23.6 Å². The summed E-state index contributed by atoms with van der Waals surface area (Å²) < 4.78 is 15.0. The molecule has 3 N–H and O–H groups in total. The molecule has 0 radical (unpaired) electrons. The van der Waals surface area contributed by atoms with E-state index in [0.29, 0.717) is 51.0 Å². The summed E-state index contributed by atoms with van der Waals surface area (Å²) in [4.78, 5) is 43.2. The summed E-state index contributed by atoms with van der Waals surface area (Å²) in [6.07, 6.45) is 1.86. The summed E-state index contributed by atoms with van der Waals surface area (Å²) in [6, 6.07) is 3.71. The van der Waals surface area contributed by atoms with Crippen LogP contribution in [0.2, 0.25) is 0 Å². The van der Waals surface area contributed by atoms with Crippen molar-refractivity contribution in [3.63, 3.8) is 0 Å². The number of carbonyl (C=O) groups excluding carboxylic acids is 2. The lowest BCUT2D eigenvalue weighted by Gasteiger charge is -2.40. The summed E-state index contributed by atoms with van der Waals surface area (Å²) in [5, 5.41) is 20.3. The Morgan fingerprint density at radius 3 is 2.27 bits per heavy atom. The van der Waals surface area contributed by atoms with E-state index in [1.54, 1.807) is 24.8 Å². The van der Waals surface area contributed by atoms with E-state index in [0.717, 1.165) is 13.1 Å². The fraction of sp³-hybridized carbons (Fsp3) is 0.630. The second-order valence-corrected chi connectivity index (χ2v) is 10.8. The minimum atomic E-state index is -0.927. The van der Waals surface area contributed by atoms with Crippen molar-refractivity contribution < 1.29 is 23.9 Å². The number of likely N-dealkylation sites (N-methyl/N-ethyl adjacent to an activating group) is 1. The van der Waals surface area contributed by atoms with E-state index in [2.05, 4.69) is 10.2 Å². The van der Waals surface area contributed by atoms with Crippen LogP contribution in [0, 0.1) is 22.6 Å². The summed E-state index contributed by atoms with van der Waals surface area (Å²) in [7, 11) is 2.02. The van der Waals surface area contributed by atoms with Gasteiger partial charge in [0, 0.05) is 57.3 Å². The highest BCUT2D eigenvalue weighted by Crippen LogP contribution is 2.30. The molecule has 1 atom stereocenters. The van der Waals surface area contributed by atoms with Gasteiger partial charge < -0.3 is 25.1 Å². The number of hydrogen-bond acceptors (Lipinski definition) is 5. The van der Waals surface area contributed by atoms with Crippen molar-refractivity contribution in [3.05, 3.63) is 35.1 Å². The van der Waals surface area contributed by atoms with Crippen molar-refractivity contribution in [2.24, 2.45) is 11.3 Å². The maximum Gasteiger partial charge on any atom is 0.303 e. The number of aliphatic carboxylic acids is 1. The van der Waals surface area contributed by atoms with Crippen LogP contribution in [0.25, 0.3) is 0 Å². The predicted molar refractivity (Wildman–Crippen MR) is 139 cm³/mol. The molecule has 0 spiro atoms. The zero-order valence-electron chi connectivity index (χ0n) is 22.3. The van der Waals surface area contributed by atoms with Gasteiger partial charge in [-0.3, -0.25) is 19.8 Å². The lowest BCUT2D eigenvalue weighted by molar-refractivity contribution is -0.143. The molecule has 0 bridgehead atoms. The van der Waals surface area contributed by atoms with Gasteiger partial charge in [0.1, 0.15) is 11.7 Å². The first kappa shape index (κ1) is 28.6.